The first-order chi connectivity index (χ1) is 8.20. The normalized spacial score (nSPS) is 7.59. The van der Waals surface area contributed by atoms with Gasteiger partial charge in [0, 0.05) is 19.2 Å². The van der Waals surface area contributed by atoms with Gasteiger partial charge in [-0.15, -0.1) is 0 Å². The van der Waals surface area contributed by atoms with Gasteiger partial charge in [-0.2, -0.15) is 0 Å². The summed E-state index contributed by atoms with van der Waals surface area (Å²) in [5, 5.41) is 10.9. The van der Waals surface area contributed by atoms with Crippen molar-refractivity contribution >= 4 is 24.7 Å². The molecule has 0 unspecified atom stereocenters. The number of carbonyl (C=O) groups excluding carboxylic acids is 2. The third-order valence-corrected chi connectivity index (χ3v) is 1.54. The Morgan fingerprint density at radius 1 is 1.35 bits per heavy atom. The number of rotatable bonds is 4. The molecule has 0 amide bonds. The summed E-state index contributed by atoms with van der Waals surface area (Å²) in [4.78, 5) is 27.0. The molecule has 1 aromatic carbocycles. The van der Waals surface area contributed by atoms with Gasteiger partial charge in [0.2, 0.25) is 0 Å². The number of aldehydes is 1. The van der Waals surface area contributed by atoms with Gasteiger partial charge in [0.1, 0.15) is 13.1 Å². The van der Waals surface area contributed by atoms with Gasteiger partial charge in [-0.1, -0.05) is 18.2 Å². The van der Waals surface area contributed by atoms with Crippen LogP contribution in [0.1, 0.15) is 12.8 Å². The second kappa shape index (κ2) is 13.8. The number of hydrogen-bond donors (Lipinski definition) is 2. The van der Waals surface area contributed by atoms with Crippen molar-refractivity contribution in [2.75, 3.05) is 12.4 Å². The van der Waals surface area contributed by atoms with Crippen molar-refractivity contribution in [2.24, 2.45) is 0 Å². The number of carbonyl (C=O) groups is 3. The molecule has 0 spiro atoms. The number of anilines is 1. The minimum Gasteiger partial charge on any atom is -0.481 e. The monoisotopic (exact) mass is 239 g/mol. The average molecular weight is 239 g/mol. The van der Waals surface area contributed by atoms with Gasteiger partial charge < -0.3 is 20.0 Å². The van der Waals surface area contributed by atoms with E-state index in [0.717, 1.165) is 5.69 Å². The Morgan fingerprint density at radius 2 is 1.88 bits per heavy atom. The number of carboxylic acid groups (broad SMARTS) is 1. The number of aliphatic carboxylic acids is 1. The maximum atomic E-state index is 9.60. The van der Waals surface area contributed by atoms with E-state index < -0.39 is 5.97 Å². The summed E-state index contributed by atoms with van der Waals surface area (Å²) in [6.07, 6.45) is 0.660. The maximum Gasteiger partial charge on any atom is 0.303 e. The van der Waals surface area contributed by atoms with Crippen LogP contribution in [0.15, 0.2) is 30.3 Å². The SMILES string of the molecule is C=O.CNc1ccccc1.O=CCCC(=O)O. The van der Waals surface area contributed by atoms with E-state index in [1.165, 1.54) is 0 Å². The minimum absolute atomic E-state index is 0.0521. The lowest BCUT2D eigenvalue weighted by Gasteiger charge is -1.94. The molecule has 0 fully saturated rings. The van der Waals surface area contributed by atoms with Gasteiger partial charge >= 0.3 is 5.97 Å². The Morgan fingerprint density at radius 3 is 2.12 bits per heavy atom. The average Bonchev–Trinajstić information content (AvgIpc) is 2.40. The van der Waals surface area contributed by atoms with Crippen molar-refractivity contribution in [3.8, 4) is 0 Å². The Hall–Kier alpha value is -2.17. The Labute approximate surface area is 100 Å². The lowest BCUT2D eigenvalue weighted by atomic mass is 10.3. The summed E-state index contributed by atoms with van der Waals surface area (Å²) in [7, 11) is 1.91. The third kappa shape index (κ3) is 13.8. The van der Waals surface area contributed by atoms with Gasteiger partial charge in [-0.05, 0) is 12.1 Å². The van der Waals surface area contributed by atoms with Gasteiger partial charge in [0.15, 0.2) is 0 Å². The van der Waals surface area contributed by atoms with Crippen LogP contribution < -0.4 is 5.32 Å². The van der Waals surface area contributed by atoms with Crippen LogP contribution in [-0.2, 0) is 14.4 Å². The summed E-state index contributed by atoms with van der Waals surface area (Å²) >= 11 is 0. The summed E-state index contributed by atoms with van der Waals surface area (Å²) < 4.78 is 0. The molecule has 0 heterocycles. The molecule has 5 nitrogen and oxygen atoms in total. The Balaban J connectivity index is 0. The number of carboxylic acids is 1. The standard InChI is InChI=1S/C7H9N.C4H6O3.CH2O/c1-8-7-5-3-2-4-6-7;5-3-1-2-4(6)7;1-2/h2-6,8H,1H3;3H,1-2H2,(H,6,7);1H2. The van der Waals surface area contributed by atoms with Crippen LogP contribution in [-0.4, -0.2) is 31.2 Å². The molecule has 94 valence electrons. The summed E-state index contributed by atoms with van der Waals surface area (Å²) in [5.74, 6) is -0.924. The third-order valence-electron chi connectivity index (χ3n) is 1.54. The highest BCUT2D eigenvalue weighted by atomic mass is 16.4. The number of para-hydroxylation sites is 1. The van der Waals surface area contributed by atoms with E-state index in [1.54, 1.807) is 0 Å². The fourth-order valence-corrected chi connectivity index (χ4v) is 0.787. The minimum atomic E-state index is -0.924. The fraction of sp³-hybridized carbons (Fsp3) is 0.250. The van der Waals surface area contributed by atoms with Crippen molar-refractivity contribution < 1.29 is 19.5 Å². The molecule has 0 aliphatic heterocycles. The van der Waals surface area contributed by atoms with Crippen molar-refractivity contribution in [2.45, 2.75) is 12.8 Å². The molecular weight excluding hydrogens is 222 g/mol. The zero-order valence-corrected chi connectivity index (χ0v) is 9.76. The largest absolute Gasteiger partial charge is 0.481 e. The number of nitrogens with one attached hydrogen (secondary N) is 1. The Kier molecular flexibility index (Phi) is 14.0. The zero-order valence-electron chi connectivity index (χ0n) is 9.76. The smallest absolute Gasteiger partial charge is 0.303 e. The van der Waals surface area contributed by atoms with Gasteiger partial charge in [0.05, 0.1) is 6.42 Å². The van der Waals surface area contributed by atoms with Crippen molar-refractivity contribution in [1.29, 1.82) is 0 Å². The number of benzene rings is 1. The van der Waals surface area contributed by atoms with Crippen LogP contribution in [0.2, 0.25) is 0 Å². The molecule has 0 aliphatic rings. The molecule has 0 aliphatic carbocycles. The van der Waals surface area contributed by atoms with E-state index in [2.05, 4.69) is 5.32 Å². The molecule has 1 rings (SSSR count). The highest BCUT2D eigenvalue weighted by molar-refractivity contribution is 5.70. The second-order valence-electron chi connectivity index (χ2n) is 2.72. The predicted molar refractivity (Wildman–Crippen MR) is 66.0 cm³/mol. The van der Waals surface area contributed by atoms with E-state index in [-0.39, 0.29) is 12.8 Å². The van der Waals surface area contributed by atoms with Crippen LogP contribution in [0.25, 0.3) is 0 Å². The zero-order chi connectivity index (χ0) is 13.5. The van der Waals surface area contributed by atoms with Gasteiger partial charge in [0.25, 0.3) is 0 Å². The van der Waals surface area contributed by atoms with Crippen LogP contribution in [0.3, 0.4) is 0 Å². The topological polar surface area (TPSA) is 83.5 Å². The van der Waals surface area contributed by atoms with Crippen LogP contribution in [0.5, 0.6) is 0 Å². The molecule has 17 heavy (non-hydrogen) atoms. The molecule has 1 aromatic rings. The second-order valence-corrected chi connectivity index (χ2v) is 2.72. The lowest BCUT2D eigenvalue weighted by molar-refractivity contribution is -0.137. The first kappa shape index (κ1) is 17.2. The highest BCUT2D eigenvalue weighted by Gasteiger charge is 1.91. The van der Waals surface area contributed by atoms with Crippen LogP contribution in [0, 0.1) is 0 Å². The molecule has 0 radical (unpaired) electrons. The maximum absolute atomic E-state index is 9.60. The Bertz CT molecular complexity index is 301. The van der Waals surface area contributed by atoms with E-state index in [4.69, 9.17) is 9.90 Å². The number of hydrogen-bond acceptors (Lipinski definition) is 4. The van der Waals surface area contributed by atoms with Crippen molar-refractivity contribution in [3.05, 3.63) is 30.3 Å². The molecule has 0 atom stereocenters. The molecule has 0 saturated carbocycles. The predicted octanol–water partition coefficient (Wildman–Crippen LogP) is 1.59. The highest BCUT2D eigenvalue weighted by Crippen LogP contribution is 2.01. The molecule has 2 N–H and O–H groups in total. The quantitative estimate of drug-likeness (QED) is 0.779. The van der Waals surface area contributed by atoms with Gasteiger partial charge in [-0.3, -0.25) is 4.79 Å². The van der Waals surface area contributed by atoms with E-state index >= 15 is 0 Å². The summed E-state index contributed by atoms with van der Waals surface area (Å²) in [6, 6.07) is 10.1. The first-order valence-corrected chi connectivity index (χ1v) is 4.87. The fourth-order valence-electron chi connectivity index (χ4n) is 0.787. The first-order valence-electron chi connectivity index (χ1n) is 4.87. The van der Waals surface area contributed by atoms with E-state index in [0.29, 0.717) is 6.29 Å². The molecule has 0 aromatic heterocycles. The van der Waals surface area contributed by atoms with E-state index in [1.807, 2.05) is 44.2 Å². The van der Waals surface area contributed by atoms with E-state index in [9.17, 15) is 9.59 Å². The van der Waals surface area contributed by atoms with Crippen molar-refractivity contribution in [1.82, 2.24) is 0 Å². The molecule has 0 bridgehead atoms. The summed E-state index contributed by atoms with van der Waals surface area (Å²) in [5.41, 5.74) is 1.16. The summed E-state index contributed by atoms with van der Waals surface area (Å²) in [6.45, 7) is 2.00. The van der Waals surface area contributed by atoms with Crippen LogP contribution >= 0.6 is 0 Å². The lowest BCUT2D eigenvalue weighted by Crippen LogP contribution is -1.93. The molecule has 5 heteroatoms. The van der Waals surface area contributed by atoms with Crippen molar-refractivity contribution in [3.63, 3.8) is 0 Å². The molecular formula is C12H17NO4. The van der Waals surface area contributed by atoms with Crippen LogP contribution in [0.4, 0.5) is 5.69 Å². The van der Waals surface area contributed by atoms with Gasteiger partial charge in [-0.25, -0.2) is 0 Å². The molecule has 0 saturated heterocycles.